The summed E-state index contributed by atoms with van der Waals surface area (Å²) in [6, 6.07) is 10.2. The number of aryl methyl sites for hydroxylation is 3. The number of hydrogen-bond donors (Lipinski definition) is 0. The zero-order chi connectivity index (χ0) is 17.3. The van der Waals surface area contributed by atoms with Crippen LogP contribution in [0.25, 0.3) is 11.0 Å². The number of likely N-dealkylation sites (N-methyl/N-ethyl adjacent to an activating group) is 1. The Morgan fingerprint density at radius 1 is 1.21 bits per heavy atom. The number of hydrogen-bond acceptors (Lipinski definition) is 3. The smallest absolute Gasteiger partial charge is 0.244 e. The van der Waals surface area contributed by atoms with E-state index in [1.165, 1.54) is 16.7 Å². The summed E-state index contributed by atoms with van der Waals surface area (Å²) in [4.78, 5) is 18.7. The third kappa shape index (κ3) is 3.15. The molecule has 5 nitrogen and oxygen atoms in total. The molecule has 124 valence electrons. The first-order valence-electron chi connectivity index (χ1n) is 8.04. The number of carbonyl (C=O) groups is 1. The molecule has 0 spiro atoms. The maximum Gasteiger partial charge on any atom is 0.244 e. The second-order valence-electron chi connectivity index (χ2n) is 6.30. The second kappa shape index (κ2) is 6.43. The number of nitrogens with zero attached hydrogens (tertiary/aromatic N) is 4. The van der Waals surface area contributed by atoms with E-state index in [1.54, 1.807) is 15.8 Å². The number of rotatable bonds is 4. The van der Waals surface area contributed by atoms with Crippen molar-refractivity contribution in [3.63, 3.8) is 0 Å². The second-order valence-corrected chi connectivity index (χ2v) is 6.30. The Morgan fingerprint density at radius 2 is 2.00 bits per heavy atom. The highest BCUT2D eigenvalue weighted by Gasteiger charge is 2.15. The van der Waals surface area contributed by atoms with Gasteiger partial charge in [0.05, 0.1) is 5.69 Å². The molecule has 0 N–H and O–H groups in total. The number of aromatic nitrogens is 3. The summed E-state index contributed by atoms with van der Waals surface area (Å²) < 4.78 is 1.69. The molecule has 0 unspecified atom stereocenters. The van der Waals surface area contributed by atoms with E-state index in [2.05, 4.69) is 42.1 Å². The topological polar surface area (TPSA) is 51.0 Å². The predicted molar refractivity (Wildman–Crippen MR) is 94.7 cm³/mol. The summed E-state index contributed by atoms with van der Waals surface area (Å²) in [5.41, 5.74) is 5.22. The lowest BCUT2D eigenvalue weighted by Crippen LogP contribution is -2.30. The van der Waals surface area contributed by atoms with Crippen molar-refractivity contribution >= 4 is 16.9 Å². The summed E-state index contributed by atoms with van der Waals surface area (Å²) in [6.45, 7) is 6.86. The Kier molecular flexibility index (Phi) is 4.34. The van der Waals surface area contributed by atoms with Gasteiger partial charge >= 0.3 is 0 Å². The number of benzene rings is 1. The molecule has 3 rings (SSSR count). The molecule has 5 heteroatoms. The summed E-state index contributed by atoms with van der Waals surface area (Å²) in [5, 5.41) is 5.45. The maximum absolute atomic E-state index is 12.6. The van der Waals surface area contributed by atoms with Crippen LogP contribution in [0.15, 0.2) is 36.5 Å². The lowest BCUT2D eigenvalue weighted by Gasteiger charge is -2.19. The molecule has 0 aliphatic carbocycles. The third-order valence-corrected chi connectivity index (χ3v) is 4.31. The van der Waals surface area contributed by atoms with E-state index in [9.17, 15) is 4.79 Å². The van der Waals surface area contributed by atoms with Gasteiger partial charge in [0.25, 0.3) is 0 Å². The van der Waals surface area contributed by atoms with Gasteiger partial charge in [0.1, 0.15) is 6.54 Å². The van der Waals surface area contributed by atoms with Crippen molar-refractivity contribution in [1.82, 2.24) is 19.7 Å². The molecule has 0 bridgehead atoms. The summed E-state index contributed by atoms with van der Waals surface area (Å²) in [5.74, 6) is 0.0194. The molecule has 0 aliphatic rings. The van der Waals surface area contributed by atoms with Gasteiger partial charge < -0.3 is 4.90 Å². The van der Waals surface area contributed by atoms with Gasteiger partial charge in [-0.3, -0.25) is 4.79 Å². The van der Waals surface area contributed by atoms with Crippen molar-refractivity contribution in [3.8, 4) is 0 Å². The van der Waals surface area contributed by atoms with Crippen LogP contribution in [-0.2, 0) is 17.9 Å². The minimum absolute atomic E-state index is 0.0194. The van der Waals surface area contributed by atoms with Crippen LogP contribution < -0.4 is 0 Å². The fourth-order valence-corrected chi connectivity index (χ4v) is 2.84. The summed E-state index contributed by atoms with van der Waals surface area (Å²) in [6.07, 6.45) is 1.73. The first-order valence-corrected chi connectivity index (χ1v) is 8.04. The van der Waals surface area contributed by atoms with Crippen LogP contribution >= 0.6 is 0 Å². The largest absolute Gasteiger partial charge is 0.340 e. The standard InChI is InChI=1S/C19H22N4O/c1-13-7-8-14(2)16(10-13)11-22(4)18(24)12-23-19-17(15(3)21-23)6-5-9-20-19/h5-10H,11-12H2,1-4H3. The highest BCUT2D eigenvalue weighted by atomic mass is 16.2. The molecule has 1 amide bonds. The van der Waals surface area contributed by atoms with Gasteiger partial charge in [-0.15, -0.1) is 0 Å². The molecule has 0 atom stereocenters. The number of amides is 1. The summed E-state index contributed by atoms with van der Waals surface area (Å²) >= 11 is 0. The Balaban J connectivity index is 1.77. The number of fused-ring (bicyclic) bond motifs is 1. The molecule has 3 aromatic rings. The van der Waals surface area contributed by atoms with E-state index >= 15 is 0 Å². The van der Waals surface area contributed by atoms with Gasteiger partial charge in [-0.25, -0.2) is 9.67 Å². The molecule has 1 aromatic carbocycles. The lowest BCUT2D eigenvalue weighted by atomic mass is 10.1. The van der Waals surface area contributed by atoms with Crippen molar-refractivity contribution in [3.05, 3.63) is 58.9 Å². The van der Waals surface area contributed by atoms with Crippen LogP contribution in [0, 0.1) is 20.8 Å². The first kappa shape index (κ1) is 16.2. The average molecular weight is 322 g/mol. The molecular formula is C19H22N4O. The van der Waals surface area contributed by atoms with Crippen LogP contribution in [-0.4, -0.2) is 32.6 Å². The van der Waals surface area contributed by atoms with Crippen molar-refractivity contribution in [2.45, 2.75) is 33.9 Å². The quantitative estimate of drug-likeness (QED) is 0.742. The SMILES string of the molecule is Cc1ccc(C)c(CN(C)C(=O)Cn2nc(C)c3cccnc32)c1. The van der Waals surface area contributed by atoms with E-state index < -0.39 is 0 Å². The van der Waals surface area contributed by atoms with E-state index in [0.717, 1.165) is 16.7 Å². The number of pyridine rings is 1. The van der Waals surface area contributed by atoms with Crippen LogP contribution in [0.5, 0.6) is 0 Å². The van der Waals surface area contributed by atoms with Crippen molar-refractivity contribution < 1.29 is 4.79 Å². The minimum atomic E-state index is 0.0194. The molecule has 24 heavy (non-hydrogen) atoms. The molecule has 0 fully saturated rings. The molecule has 2 aromatic heterocycles. The van der Waals surface area contributed by atoms with E-state index in [0.29, 0.717) is 6.54 Å². The Hall–Kier alpha value is -2.69. The zero-order valence-corrected chi connectivity index (χ0v) is 14.6. The van der Waals surface area contributed by atoms with E-state index in [1.807, 2.05) is 26.1 Å². The van der Waals surface area contributed by atoms with E-state index in [-0.39, 0.29) is 12.5 Å². The van der Waals surface area contributed by atoms with E-state index in [4.69, 9.17) is 0 Å². The molecule has 0 aliphatic heterocycles. The molecular weight excluding hydrogens is 300 g/mol. The fourth-order valence-electron chi connectivity index (χ4n) is 2.84. The van der Waals surface area contributed by atoms with Gasteiger partial charge in [0, 0.05) is 25.2 Å². The van der Waals surface area contributed by atoms with Gasteiger partial charge in [-0.05, 0) is 44.0 Å². The minimum Gasteiger partial charge on any atom is -0.340 e. The zero-order valence-electron chi connectivity index (χ0n) is 14.6. The third-order valence-electron chi connectivity index (χ3n) is 4.31. The van der Waals surface area contributed by atoms with Crippen molar-refractivity contribution in [1.29, 1.82) is 0 Å². The molecule has 2 heterocycles. The predicted octanol–water partition coefficient (Wildman–Crippen LogP) is 3.02. The average Bonchev–Trinajstić information content (AvgIpc) is 2.87. The monoisotopic (exact) mass is 322 g/mol. The van der Waals surface area contributed by atoms with Crippen LogP contribution in [0.1, 0.15) is 22.4 Å². The van der Waals surface area contributed by atoms with Gasteiger partial charge in [-0.1, -0.05) is 23.8 Å². The maximum atomic E-state index is 12.6. The fraction of sp³-hybridized carbons (Fsp3) is 0.316. The normalized spacial score (nSPS) is 11.0. The van der Waals surface area contributed by atoms with Crippen LogP contribution in [0.2, 0.25) is 0 Å². The van der Waals surface area contributed by atoms with Crippen LogP contribution in [0.4, 0.5) is 0 Å². The van der Waals surface area contributed by atoms with Gasteiger partial charge in [0.15, 0.2) is 5.65 Å². The Bertz CT molecular complexity index is 898. The van der Waals surface area contributed by atoms with Crippen LogP contribution in [0.3, 0.4) is 0 Å². The molecule has 0 saturated heterocycles. The van der Waals surface area contributed by atoms with Gasteiger partial charge in [0.2, 0.25) is 5.91 Å². The highest BCUT2D eigenvalue weighted by molar-refractivity contribution is 5.81. The Labute approximate surface area is 141 Å². The first-order chi connectivity index (χ1) is 11.5. The Morgan fingerprint density at radius 3 is 2.79 bits per heavy atom. The lowest BCUT2D eigenvalue weighted by molar-refractivity contribution is -0.131. The van der Waals surface area contributed by atoms with Crippen molar-refractivity contribution in [2.24, 2.45) is 0 Å². The molecule has 0 radical (unpaired) electrons. The summed E-state index contributed by atoms with van der Waals surface area (Å²) in [7, 11) is 1.83. The molecule has 0 saturated carbocycles. The van der Waals surface area contributed by atoms with Gasteiger partial charge in [-0.2, -0.15) is 5.10 Å². The highest BCUT2D eigenvalue weighted by Crippen LogP contribution is 2.16. The number of carbonyl (C=O) groups excluding carboxylic acids is 1. The van der Waals surface area contributed by atoms with Crippen molar-refractivity contribution in [2.75, 3.05) is 7.05 Å².